The Morgan fingerprint density at radius 1 is 0.929 bits per heavy atom. The molecule has 0 atom stereocenters. The van der Waals surface area contributed by atoms with Gasteiger partial charge in [-0.2, -0.15) is 0 Å². The van der Waals surface area contributed by atoms with Gasteiger partial charge in [-0.05, 0) is 0 Å². The molecule has 0 unspecified atom stereocenters. The highest BCUT2D eigenvalue weighted by Crippen LogP contribution is 2.05. The SMILES string of the molecule is O=C([O-])c1ccccc1C(=O)[O-].[ClH2+].[NH4+]. The summed E-state index contributed by atoms with van der Waals surface area (Å²) in [7, 11) is 0. The number of carboxylic acids is 2. The first-order valence-corrected chi connectivity index (χ1v) is 3.14. The van der Waals surface area contributed by atoms with Crippen LogP contribution in [-0.4, -0.2) is 11.9 Å². The van der Waals surface area contributed by atoms with Gasteiger partial charge < -0.3 is 26.0 Å². The number of carbonyl (C=O) groups excluding carboxylic acids is 2. The molecule has 0 aliphatic heterocycles. The van der Waals surface area contributed by atoms with Crippen LogP contribution in [0.25, 0.3) is 0 Å². The van der Waals surface area contributed by atoms with Crippen LogP contribution in [0.2, 0.25) is 0 Å². The summed E-state index contributed by atoms with van der Waals surface area (Å²) in [6.07, 6.45) is 0. The normalized spacial score (nSPS) is 8.00. The Bertz CT molecular complexity index is 307. The zero-order chi connectivity index (χ0) is 9.14. The maximum Gasteiger partial charge on any atom is 0.0903 e. The average molecular weight is 220 g/mol. The average Bonchev–Trinajstić information content (AvgIpc) is 2.04. The van der Waals surface area contributed by atoms with E-state index in [1.54, 1.807) is 0 Å². The molecule has 0 heterocycles. The largest absolute Gasteiger partial charge is 0.545 e. The standard InChI is InChI=1S/C8H6O4.ClH2.H3N/c9-7(10)5-3-1-2-4-6(5)8(11)12;;/h1-4H,(H,9,10)(H,11,12);1H2;1H3/q;+1;/p-1. The molecule has 78 valence electrons. The van der Waals surface area contributed by atoms with Crippen LogP contribution in [0.3, 0.4) is 0 Å². The molecule has 0 spiro atoms. The number of carboxylic acid groups (broad SMARTS) is 2. The molecule has 4 N–H and O–H groups in total. The molecular formula is C8H10ClNO4. The molecule has 0 radical (unpaired) electrons. The van der Waals surface area contributed by atoms with Gasteiger partial charge in [-0.1, -0.05) is 24.3 Å². The van der Waals surface area contributed by atoms with E-state index in [2.05, 4.69) is 0 Å². The Morgan fingerprint density at radius 2 is 1.21 bits per heavy atom. The van der Waals surface area contributed by atoms with Crippen molar-refractivity contribution in [3.8, 4) is 0 Å². The molecule has 0 bridgehead atoms. The molecule has 0 fully saturated rings. The fourth-order valence-electron chi connectivity index (χ4n) is 0.839. The van der Waals surface area contributed by atoms with Gasteiger partial charge in [0.2, 0.25) is 0 Å². The summed E-state index contributed by atoms with van der Waals surface area (Å²) in [5, 5.41) is 20.6. The van der Waals surface area contributed by atoms with Crippen molar-refractivity contribution in [2.45, 2.75) is 0 Å². The maximum absolute atomic E-state index is 10.3. The summed E-state index contributed by atoms with van der Waals surface area (Å²) in [6, 6.07) is 5.14. The lowest BCUT2D eigenvalue weighted by atomic mass is 10.1. The molecule has 0 amide bonds. The molecule has 6 heteroatoms. The molecule has 1 aromatic rings. The first-order valence-electron chi connectivity index (χ1n) is 3.14. The Kier molecular flexibility index (Phi) is 6.34. The number of hydrogen-bond donors (Lipinski definition) is 1. The first kappa shape index (κ1) is 14.9. The van der Waals surface area contributed by atoms with E-state index in [9.17, 15) is 19.8 Å². The van der Waals surface area contributed by atoms with E-state index < -0.39 is 11.9 Å². The van der Waals surface area contributed by atoms with Gasteiger partial charge in [0, 0.05) is 11.1 Å². The van der Waals surface area contributed by atoms with Crippen molar-refractivity contribution in [3.63, 3.8) is 0 Å². The van der Waals surface area contributed by atoms with Gasteiger partial charge in [0.25, 0.3) is 0 Å². The van der Waals surface area contributed by atoms with E-state index in [0.717, 1.165) is 12.1 Å². The Hall–Kier alpha value is -1.59. The Morgan fingerprint density at radius 3 is 1.43 bits per heavy atom. The van der Waals surface area contributed by atoms with Crippen LogP contribution in [0.1, 0.15) is 20.7 Å². The van der Waals surface area contributed by atoms with Crippen molar-refractivity contribution in [3.05, 3.63) is 35.4 Å². The highest BCUT2D eigenvalue weighted by Gasteiger charge is 2.01. The second-order valence-corrected chi connectivity index (χ2v) is 2.12. The molecule has 0 aliphatic carbocycles. The minimum Gasteiger partial charge on any atom is -0.545 e. The predicted molar refractivity (Wildman–Crippen MR) is 43.9 cm³/mol. The first-order chi connectivity index (χ1) is 5.63. The van der Waals surface area contributed by atoms with E-state index in [1.807, 2.05) is 0 Å². The summed E-state index contributed by atoms with van der Waals surface area (Å²) >= 11 is 0. The van der Waals surface area contributed by atoms with E-state index >= 15 is 0 Å². The number of hydrogen-bond acceptors (Lipinski definition) is 4. The second kappa shape index (κ2) is 5.95. The van der Waals surface area contributed by atoms with Gasteiger partial charge in [0.05, 0.1) is 24.3 Å². The third kappa shape index (κ3) is 3.04. The molecule has 0 aromatic heterocycles. The number of rotatable bonds is 2. The van der Waals surface area contributed by atoms with Crippen molar-refractivity contribution in [1.82, 2.24) is 6.15 Å². The van der Waals surface area contributed by atoms with Crippen molar-refractivity contribution >= 4 is 11.9 Å². The maximum atomic E-state index is 10.3. The Labute approximate surface area is 86.4 Å². The van der Waals surface area contributed by atoms with Crippen molar-refractivity contribution in [1.29, 1.82) is 0 Å². The highest BCUT2D eigenvalue weighted by atomic mass is 35.5. The smallest absolute Gasteiger partial charge is 0.0903 e. The fraction of sp³-hybridized carbons (Fsp3) is 0. The summed E-state index contributed by atoms with van der Waals surface area (Å²) in [5.41, 5.74) is -0.727. The minimum atomic E-state index is -1.52. The second-order valence-electron chi connectivity index (χ2n) is 2.12. The van der Waals surface area contributed by atoms with Crippen molar-refractivity contribution in [2.75, 3.05) is 0 Å². The number of aromatic carboxylic acids is 2. The summed E-state index contributed by atoms with van der Waals surface area (Å²) in [6.45, 7) is 0. The molecule has 5 nitrogen and oxygen atoms in total. The van der Waals surface area contributed by atoms with Gasteiger partial charge in [0.15, 0.2) is 0 Å². The molecule has 1 rings (SSSR count). The zero-order valence-electron chi connectivity index (χ0n) is 7.39. The lowest BCUT2D eigenvalue weighted by Gasteiger charge is -2.09. The number of benzene rings is 1. The Balaban J connectivity index is 0. The fourth-order valence-corrected chi connectivity index (χ4v) is 0.839. The molecule has 0 aliphatic rings. The van der Waals surface area contributed by atoms with Gasteiger partial charge >= 0.3 is 0 Å². The number of halogens is 1. The van der Waals surface area contributed by atoms with Gasteiger partial charge in [-0.25, -0.2) is 0 Å². The van der Waals surface area contributed by atoms with Gasteiger partial charge in [-0.15, -0.1) is 0 Å². The van der Waals surface area contributed by atoms with Crippen LogP contribution in [0.5, 0.6) is 0 Å². The van der Waals surface area contributed by atoms with Gasteiger partial charge in [-0.3, -0.25) is 0 Å². The zero-order valence-corrected chi connectivity index (χ0v) is 8.28. The quantitative estimate of drug-likeness (QED) is 0.635. The van der Waals surface area contributed by atoms with E-state index in [1.165, 1.54) is 12.1 Å². The van der Waals surface area contributed by atoms with Crippen LogP contribution < -0.4 is 16.4 Å². The highest BCUT2D eigenvalue weighted by molar-refractivity contribution is 5.99. The van der Waals surface area contributed by atoms with Crippen LogP contribution in [0.15, 0.2) is 24.3 Å². The molecular weight excluding hydrogens is 210 g/mol. The summed E-state index contributed by atoms with van der Waals surface area (Å²) in [4.78, 5) is 20.6. The third-order valence-electron chi connectivity index (χ3n) is 1.37. The number of carbonyl (C=O) groups is 2. The lowest BCUT2D eigenvalue weighted by Crippen LogP contribution is -2.29. The minimum absolute atomic E-state index is 0. The molecule has 1 aromatic carbocycles. The molecule has 14 heavy (non-hydrogen) atoms. The van der Waals surface area contributed by atoms with E-state index in [0.29, 0.717) is 0 Å². The van der Waals surface area contributed by atoms with Crippen LogP contribution >= 0.6 is 0 Å². The van der Waals surface area contributed by atoms with E-state index in [4.69, 9.17) is 0 Å². The van der Waals surface area contributed by atoms with E-state index in [-0.39, 0.29) is 29.7 Å². The van der Waals surface area contributed by atoms with Crippen LogP contribution in [0, 0.1) is 12.4 Å². The van der Waals surface area contributed by atoms with Crippen molar-refractivity contribution < 1.29 is 32.2 Å². The lowest BCUT2D eigenvalue weighted by molar-refractivity contribution is -0.259. The third-order valence-corrected chi connectivity index (χ3v) is 1.37. The predicted octanol–water partition coefficient (Wildman–Crippen LogP) is -1.75. The number of quaternary nitrogens is 1. The molecule has 0 saturated heterocycles. The van der Waals surface area contributed by atoms with Crippen LogP contribution in [0.4, 0.5) is 0 Å². The molecule has 0 saturated carbocycles. The van der Waals surface area contributed by atoms with Gasteiger partial charge in [0.1, 0.15) is 0 Å². The van der Waals surface area contributed by atoms with Crippen LogP contribution in [-0.2, 0) is 0 Å². The summed E-state index contributed by atoms with van der Waals surface area (Å²) < 4.78 is 0. The monoisotopic (exact) mass is 219 g/mol. The summed E-state index contributed by atoms with van der Waals surface area (Å²) in [5.74, 6) is -3.04. The topological polar surface area (TPSA) is 117 Å². The van der Waals surface area contributed by atoms with Crippen molar-refractivity contribution in [2.24, 2.45) is 0 Å².